The van der Waals surface area contributed by atoms with Crippen LogP contribution in [0.2, 0.25) is 0 Å². The molecule has 0 amide bonds. The number of furan rings is 1. The van der Waals surface area contributed by atoms with Gasteiger partial charge < -0.3 is 14.3 Å². The van der Waals surface area contributed by atoms with Gasteiger partial charge in [0.05, 0.1) is 30.2 Å². The summed E-state index contributed by atoms with van der Waals surface area (Å²) in [4.78, 5) is 14.2. The predicted octanol–water partition coefficient (Wildman–Crippen LogP) is 2.67. The highest BCUT2D eigenvalue weighted by Gasteiger charge is 2.11. The van der Waals surface area contributed by atoms with Gasteiger partial charge in [0.2, 0.25) is 0 Å². The molecule has 0 saturated carbocycles. The molecule has 1 aliphatic rings. The molecule has 0 spiro atoms. The van der Waals surface area contributed by atoms with Crippen LogP contribution < -0.4 is 4.90 Å². The number of aromatic amines is 1. The number of aliphatic imine (C=N–C) groups is 1. The van der Waals surface area contributed by atoms with Gasteiger partial charge in [0.15, 0.2) is 11.6 Å². The second kappa shape index (κ2) is 3.98. The van der Waals surface area contributed by atoms with Crippen LogP contribution in [-0.4, -0.2) is 29.4 Å². The number of nitrogens with zero attached hydrogens (tertiary/aromatic N) is 3. The molecular weight excluding hydrogens is 240 g/mol. The number of benzene rings is 1. The summed E-state index contributed by atoms with van der Waals surface area (Å²) in [5.74, 6) is 1.51. The zero-order chi connectivity index (χ0) is 12.7. The SMILES string of the molecule is C1=NCCN1c1ccc2nc(-c3ccco3)[nH]c2c1. The van der Waals surface area contributed by atoms with Gasteiger partial charge in [-0.15, -0.1) is 0 Å². The first kappa shape index (κ1) is 10.4. The molecule has 2 aromatic heterocycles. The molecule has 1 aromatic carbocycles. The molecule has 19 heavy (non-hydrogen) atoms. The Morgan fingerprint density at radius 1 is 1.26 bits per heavy atom. The second-order valence-corrected chi connectivity index (χ2v) is 4.48. The highest BCUT2D eigenvalue weighted by Crippen LogP contribution is 2.24. The van der Waals surface area contributed by atoms with Crippen LogP contribution in [-0.2, 0) is 0 Å². The van der Waals surface area contributed by atoms with Gasteiger partial charge in [-0.05, 0) is 30.3 Å². The summed E-state index contributed by atoms with van der Waals surface area (Å²) in [6.45, 7) is 1.79. The zero-order valence-electron chi connectivity index (χ0n) is 10.2. The van der Waals surface area contributed by atoms with Gasteiger partial charge in [-0.3, -0.25) is 4.99 Å². The second-order valence-electron chi connectivity index (χ2n) is 4.48. The normalized spacial score (nSPS) is 14.6. The molecule has 94 valence electrons. The fourth-order valence-electron chi connectivity index (χ4n) is 2.28. The van der Waals surface area contributed by atoms with Crippen LogP contribution in [0.25, 0.3) is 22.6 Å². The van der Waals surface area contributed by atoms with E-state index < -0.39 is 0 Å². The maximum absolute atomic E-state index is 5.35. The van der Waals surface area contributed by atoms with E-state index in [0.29, 0.717) is 0 Å². The van der Waals surface area contributed by atoms with Crippen molar-refractivity contribution in [1.29, 1.82) is 0 Å². The van der Waals surface area contributed by atoms with E-state index in [1.807, 2.05) is 24.5 Å². The van der Waals surface area contributed by atoms with E-state index in [-0.39, 0.29) is 0 Å². The lowest BCUT2D eigenvalue weighted by molar-refractivity contribution is 0.578. The molecule has 0 atom stereocenters. The minimum atomic E-state index is 0.750. The maximum atomic E-state index is 5.35. The minimum Gasteiger partial charge on any atom is -0.461 e. The molecule has 0 bridgehead atoms. The Labute approximate surface area is 109 Å². The lowest BCUT2D eigenvalue weighted by Crippen LogP contribution is -2.17. The van der Waals surface area contributed by atoms with Crippen molar-refractivity contribution in [3.8, 4) is 11.6 Å². The summed E-state index contributed by atoms with van der Waals surface area (Å²) in [7, 11) is 0. The zero-order valence-corrected chi connectivity index (χ0v) is 10.2. The first-order valence-corrected chi connectivity index (χ1v) is 6.20. The molecule has 5 nitrogen and oxygen atoms in total. The van der Waals surface area contributed by atoms with Crippen LogP contribution in [0.1, 0.15) is 0 Å². The van der Waals surface area contributed by atoms with Crippen molar-refractivity contribution in [1.82, 2.24) is 9.97 Å². The van der Waals surface area contributed by atoms with Crippen molar-refractivity contribution in [3.05, 3.63) is 36.6 Å². The summed E-state index contributed by atoms with van der Waals surface area (Å²) in [6.07, 6.45) is 3.53. The predicted molar refractivity (Wildman–Crippen MR) is 74.5 cm³/mol. The van der Waals surface area contributed by atoms with Crippen molar-refractivity contribution in [3.63, 3.8) is 0 Å². The number of H-pyrrole nitrogens is 1. The van der Waals surface area contributed by atoms with Gasteiger partial charge in [-0.2, -0.15) is 0 Å². The quantitative estimate of drug-likeness (QED) is 0.762. The first-order chi connectivity index (χ1) is 9.40. The number of anilines is 1. The highest BCUT2D eigenvalue weighted by atomic mass is 16.3. The summed E-state index contributed by atoms with van der Waals surface area (Å²) < 4.78 is 5.35. The van der Waals surface area contributed by atoms with Crippen molar-refractivity contribution in [2.45, 2.75) is 0 Å². The van der Waals surface area contributed by atoms with E-state index in [0.717, 1.165) is 41.4 Å². The summed E-state index contributed by atoms with van der Waals surface area (Å²) in [5.41, 5.74) is 3.07. The number of fused-ring (bicyclic) bond motifs is 1. The number of hydrogen-bond acceptors (Lipinski definition) is 4. The maximum Gasteiger partial charge on any atom is 0.174 e. The summed E-state index contributed by atoms with van der Waals surface area (Å²) in [6, 6.07) is 9.92. The number of nitrogens with one attached hydrogen (secondary N) is 1. The molecule has 4 rings (SSSR count). The standard InChI is InChI=1S/C14H12N4O/c1-2-13(19-7-1)14-16-11-4-3-10(8-12(11)17-14)18-6-5-15-9-18/h1-4,7-9H,5-6H2,(H,16,17). The Morgan fingerprint density at radius 3 is 3.05 bits per heavy atom. The molecule has 3 heterocycles. The Bertz CT molecular complexity index is 742. The van der Waals surface area contributed by atoms with Crippen LogP contribution >= 0.6 is 0 Å². The largest absolute Gasteiger partial charge is 0.461 e. The topological polar surface area (TPSA) is 57.4 Å². The Balaban J connectivity index is 1.79. The van der Waals surface area contributed by atoms with E-state index in [9.17, 15) is 0 Å². The molecule has 3 aromatic rings. The van der Waals surface area contributed by atoms with E-state index >= 15 is 0 Å². The summed E-state index contributed by atoms with van der Waals surface area (Å²) >= 11 is 0. The Hall–Kier alpha value is -2.56. The Morgan fingerprint density at radius 2 is 2.26 bits per heavy atom. The van der Waals surface area contributed by atoms with E-state index in [4.69, 9.17) is 4.42 Å². The molecule has 5 heteroatoms. The molecule has 0 fully saturated rings. The van der Waals surface area contributed by atoms with Crippen molar-refractivity contribution in [2.75, 3.05) is 18.0 Å². The van der Waals surface area contributed by atoms with Crippen LogP contribution in [0.4, 0.5) is 5.69 Å². The molecular formula is C14H12N4O. The van der Waals surface area contributed by atoms with Crippen molar-refractivity contribution in [2.24, 2.45) is 4.99 Å². The van der Waals surface area contributed by atoms with Crippen molar-refractivity contribution >= 4 is 23.1 Å². The van der Waals surface area contributed by atoms with Crippen LogP contribution in [0.3, 0.4) is 0 Å². The molecule has 0 radical (unpaired) electrons. The lowest BCUT2D eigenvalue weighted by Gasteiger charge is -2.13. The van der Waals surface area contributed by atoms with Crippen LogP contribution in [0, 0.1) is 0 Å². The van der Waals surface area contributed by atoms with Crippen molar-refractivity contribution < 1.29 is 4.42 Å². The lowest BCUT2D eigenvalue weighted by atomic mass is 10.2. The van der Waals surface area contributed by atoms with Gasteiger partial charge in [0.25, 0.3) is 0 Å². The summed E-state index contributed by atoms with van der Waals surface area (Å²) in [5, 5.41) is 0. The Kier molecular flexibility index (Phi) is 2.17. The number of aromatic nitrogens is 2. The number of rotatable bonds is 2. The van der Waals surface area contributed by atoms with Gasteiger partial charge in [0, 0.05) is 12.2 Å². The molecule has 0 saturated heterocycles. The fourth-order valence-corrected chi connectivity index (χ4v) is 2.28. The third-order valence-corrected chi connectivity index (χ3v) is 3.24. The third kappa shape index (κ3) is 1.71. The monoisotopic (exact) mass is 252 g/mol. The molecule has 1 aliphatic heterocycles. The average Bonchev–Trinajstić information content (AvgIpc) is 3.18. The molecule has 0 aliphatic carbocycles. The van der Waals surface area contributed by atoms with Crippen LogP contribution in [0.5, 0.6) is 0 Å². The third-order valence-electron chi connectivity index (χ3n) is 3.24. The first-order valence-electron chi connectivity index (χ1n) is 6.20. The fraction of sp³-hybridized carbons (Fsp3) is 0.143. The van der Waals surface area contributed by atoms with Crippen LogP contribution in [0.15, 0.2) is 46.0 Å². The van der Waals surface area contributed by atoms with Gasteiger partial charge in [0.1, 0.15) is 0 Å². The number of imidazole rings is 1. The average molecular weight is 252 g/mol. The van der Waals surface area contributed by atoms with E-state index in [1.54, 1.807) is 6.26 Å². The number of hydrogen-bond donors (Lipinski definition) is 1. The van der Waals surface area contributed by atoms with E-state index in [1.165, 1.54) is 0 Å². The smallest absolute Gasteiger partial charge is 0.174 e. The molecule has 0 unspecified atom stereocenters. The van der Waals surface area contributed by atoms with Gasteiger partial charge >= 0.3 is 0 Å². The van der Waals surface area contributed by atoms with Gasteiger partial charge in [-0.25, -0.2) is 4.98 Å². The van der Waals surface area contributed by atoms with E-state index in [2.05, 4.69) is 32.0 Å². The minimum absolute atomic E-state index is 0.750. The van der Waals surface area contributed by atoms with Gasteiger partial charge in [-0.1, -0.05) is 0 Å². The highest BCUT2D eigenvalue weighted by molar-refractivity contribution is 5.88. The molecule has 1 N–H and O–H groups in total.